The lowest BCUT2D eigenvalue weighted by Crippen LogP contribution is -2.40. The van der Waals surface area contributed by atoms with Crippen LogP contribution >= 0.6 is 24.0 Å². The first-order chi connectivity index (χ1) is 10.7. The molecular weight excluding hydrogens is 399 g/mol. The lowest BCUT2D eigenvalue weighted by atomic mass is 10.1. The van der Waals surface area contributed by atoms with Gasteiger partial charge >= 0.3 is 0 Å². The second-order valence-electron chi connectivity index (χ2n) is 5.86. The van der Waals surface area contributed by atoms with Gasteiger partial charge in [-0.05, 0) is 37.0 Å². The Balaban J connectivity index is 0.00000264. The zero-order valence-corrected chi connectivity index (χ0v) is 17.0. The molecule has 2 N–H and O–H groups in total. The van der Waals surface area contributed by atoms with Crippen molar-refractivity contribution in [2.24, 2.45) is 4.99 Å². The highest BCUT2D eigenvalue weighted by atomic mass is 127. The molecule has 128 valence electrons. The molecule has 2 rings (SSSR count). The minimum atomic E-state index is 0. The van der Waals surface area contributed by atoms with Crippen LogP contribution in [0.3, 0.4) is 0 Å². The Bertz CT molecular complexity index is 633. The van der Waals surface area contributed by atoms with Crippen molar-refractivity contribution in [3.63, 3.8) is 0 Å². The number of halogens is 1. The summed E-state index contributed by atoms with van der Waals surface area (Å²) in [5.41, 5.74) is 3.87. The van der Waals surface area contributed by atoms with Crippen molar-refractivity contribution in [3.8, 4) is 0 Å². The third kappa shape index (κ3) is 5.41. The molecule has 0 aliphatic rings. The first kappa shape index (κ1) is 19.8. The number of hydrogen-bond donors (Lipinski definition) is 2. The molecule has 1 aromatic heterocycles. The fourth-order valence-electron chi connectivity index (χ4n) is 2.70. The fourth-order valence-corrected chi connectivity index (χ4v) is 2.70. The predicted molar refractivity (Wildman–Crippen MR) is 111 cm³/mol. The summed E-state index contributed by atoms with van der Waals surface area (Å²) in [4.78, 5) is 9.92. The van der Waals surface area contributed by atoms with E-state index in [2.05, 4.69) is 65.5 Å². The van der Waals surface area contributed by atoms with Gasteiger partial charge in [0.1, 0.15) is 0 Å². The monoisotopic (exact) mass is 428 g/mol. The molecule has 0 radical (unpaired) electrons. The molecule has 0 saturated heterocycles. The average Bonchev–Trinajstić information content (AvgIpc) is 2.91. The minimum absolute atomic E-state index is 0. The van der Waals surface area contributed by atoms with Gasteiger partial charge in [-0.3, -0.25) is 4.99 Å². The molecule has 0 atom stereocenters. The number of fused-ring (bicyclic) bond motifs is 1. The highest BCUT2D eigenvalue weighted by molar-refractivity contribution is 14.0. The predicted octanol–water partition coefficient (Wildman–Crippen LogP) is 3.94. The number of aromatic amines is 1. The molecule has 1 heterocycles. The van der Waals surface area contributed by atoms with Gasteiger partial charge in [0.05, 0.1) is 0 Å². The molecule has 2 aromatic rings. The number of benzene rings is 1. The molecule has 0 unspecified atom stereocenters. The summed E-state index contributed by atoms with van der Waals surface area (Å²) in [7, 11) is 3.94. The molecule has 0 fully saturated rings. The summed E-state index contributed by atoms with van der Waals surface area (Å²) < 4.78 is 0. The Labute approximate surface area is 156 Å². The van der Waals surface area contributed by atoms with Crippen molar-refractivity contribution >= 4 is 40.8 Å². The van der Waals surface area contributed by atoms with Crippen LogP contribution in [0.5, 0.6) is 0 Å². The van der Waals surface area contributed by atoms with Crippen LogP contribution in [-0.2, 0) is 6.42 Å². The first-order valence-corrected chi connectivity index (χ1v) is 8.14. The summed E-state index contributed by atoms with van der Waals surface area (Å²) in [6.07, 6.45) is 5.51. The number of guanidine groups is 1. The van der Waals surface area contributed by atoms with E-state index in [1.807, 2.05) is 7.05 Å². The number of unbranched alkanes of at least 4 members (excludes halogenated alkanes) is 1. The van der Waals surface area contributed by atoms with E-state index < -0.39 is 0 Å². The minimum Gasteiger partial charge on any atom is -0.361 e. The molecule has 0 spiro atoms. The summed E-state index contributed by atoms with van der Waals surface area (Å²) in [6, 6.07) is 6.58. The quantitative estimate of drug-likeness (QED) is 0.416. The van der Waals surface area contributed by atoms with Crippen molar-refractivity contribution in [3.05, 3.63) is 35.5 Å². The Kier molecular flexibility index (Phi) is 8.44. The maximum Gasteiger partial charge on any atom is 0.193 e. The van der Waals surface area contributed by atoms with Crippen LogP contribution in [0.15, 0.2) is 29.4 Å². The van der Waals surface area contributed by atoms with Crippen LogP contribution in [0.1, 0.15) is 30.9 Å². The van der Waals surface area contributed by atoms with Crippen LogP contribution in [0.2, 0.25) is 0 Å². The van der Waals surface area contributed by atoms with Crippen molar-refractivity contribution in [2.45, 2.75) is 33.1 Å². The Morgan fingerprint density at radius 2 is 2.13 bits per heavy atom. The average molecular weight is 428 g/mol. The molecule has 0 amide bonds. The highest BCUT2D eigenvalue weighted by Gasteiger charge is 2.06. The lowest BCUT2D eigenvalue weighted by Gasteiger charge is -2.21. The summed E-state index contributed by atoms with van der Waals surface area (Å²) in [5, 5.41) is 4.78. The summed E-state index contributed by atoms with van der Waals surface area (Å²) >= 11 is 0. The molecule has 0 aliphatic heterocycles. The van der Waals surface area contributed by atoms with Gasteiger partial charge in [-0.2, -0.15) is 0 Å². The van der Waals surface area contributed by atoms with Crippen molar-refractivity contribution in [1.29, 1.82) is 0 Å². The highest BCUT2D eigenvalue weighted by Crippen LogP contribution is 2.19. The van der Waals surface area contributed by atoms with Gasteiger partial charge < -0.3 is 15.2 Å². The van der Waals surface area contributed by atoms with E-state index in [4.69, 9.17) is 0 Å². The molecule has 23 heavy (non-hydrogen) atoms. The van der Waals surface area contributed by atoms with Crippen molar-refractivity contribution in [1.82, 2.24) is 15.2 Å². The molecule has 4 nitrogen and oxygen atoms in total. The number of aryl methyl sites for hydroxylation is 1. The lowest BCUT2D eigenvalue weighted by molar-refractivity contribution is 0.465. The van der Waals surface area contributed by atoms with Crippen LogP contribution in [-0.4, -0.2) is 43.0 Å². The number of aromatic nitrogens is 1. The topological polar surface area (TPSA) is 43.4 Å². The zero-order chi connectivity index (χ0) is 15.9. The Morgan fingerprint density at radius 3 is 2.83 bits per heavy atom. The molecular formula is C18H29IN4. The van der Waals surface area contributed by atoms with Gasteiger partial charge in [0.25, 0.3) is 0 Å². The zero-order valence-electron chi connectivity index (χ0n) is 14.6. The molecule has 5 heteroatoms. The molecule has 0 aliphatic carbocycles. The van der Waals surface area contributed by atoms with E-state index >= 15 is 0 Å². The second kappa shape index (κ2) is 9.80. The standard InChI is InChI=1S/C18H28N4.HI/c1-5-6-11-22(4)18(19-3)20-10-9-15-13-21-17-12-14(2)7-8-16(15)17;/h7-8,12-13,21H,5-6,9-11H2,1-4H3,(H,19,20);1H. The smallest absolute Gasteiger partial charge is 0.193 e. The SMILES string of the molecule is CCCCN(C)C(=NC)NCCc1c[nH]c2cc(C)ccc12.I. The largest absolute Gasteiger partial charge is 0.361 e. The number of nitrogens with one attached hydrogen (secondary N) is 2. The number of nitrogens with zero attached hydrogens (tertiary/aromatic N) is 2. The number of H-pyrrole nitrogens is 1. The fraction of sp³-hybridized carbons (Fsp3) is 0.500. The van der Waals surface area contributed by atoms with Gasteiger partial charge in [0, 0.05) is 44.3 Å². The summed E-state index contributed by atoms with van der Waals surface area (Å²) in [6.45, 7) is 6.27. The van der Waals surface area contributed by atoms with Crippen LogP contribution < -0.4 is 5.32 Å². The van der Waals surface area contributed by atoms with Crippen molar-refractivity contribution in [2.75, 3.05) is 27.2 Å². The van der Waals surface area contributed by atoms with Gasteiger partial charge in [-0.25, -0.2) is 0 Å². The van der Waals surface area contributed by atoms with Gasteiger partial charge in [-0.1, -0.05) is 25.5 Å². The maximum atomic E-state index is 4.36. The van der Waals surface area contributed by atoms with Gasteiger partial charge in [0.15, 0.2) is 5.96 Å². The van der Waals surface area contributed by atoms with Gasteiger partial charge in [0.2, 0.25) is 0 Å². The Hall–Kier alpha value is -1.24. The van der Waals surface area contributed by atoms with E-state index in [-0.39, 0.29) is 24.0 Å². The third-order valence-electron chi connectivity index (χ3n) is 4.02. The third-order valence-corrected chi connectivity index (χ3v) is 4.02. The van der Waals surface area contributed by atoms with Crippen LogP contribution in [0.25, 0.3) is 10.9 Å². The van der Waals surface area contributed by atoms with E-state index in [0.29, 0.717) is 0 Å². The van der Waals surface area contributed by atoms with E-state index in [0.717, 1.165) is 25.5 Å². The molecule has 0 saturated carbocycles. The first-order valence-electron chi connectivity index (χ1n) is 8.14. The number of rotatable bonds is 6. The van der Waals surface area contributed by atoms with Gasteiger partial charge in [-0.15, -0.1) is 24.0 Å². The normalized spacial score (nSPS) is 11.4. The van der Waals surface area contributed by atoms with Crippen LogP contribution in [0, 0.1) is 6.92 Å². The van der Waals surface area contributed by atoms with E-state index in [1.54, 1.807) is 0 Å². The number of aliphatic imine (C=N–C) groups is 1. The van der Waals surface area contributed by atoms with Crippen LogP contribution in [0.4, 0.5) is 0 Å². The second-order valence-corrected chi connectivity index (χ2v) is 5.86. The molecule has 0 bridgehead atoms. The van der Waals surface area contributed by atoms with Crippen molar-refractivity contribution < 1.29 is 0 Å². The molecule has 1 aromatic carbocycles. The maximum absolute atomic E-state index is 4.36. The summed E-state index contributed by atoms with van der Waals surface area (Å²) in [5.74, 6) is 0.976. The Morgan fingerprint density at radius 1 is 1.35 bits per heavy atom. The van der Waals surface area contributed by atoms with E-state index in [9.17, 15) is 0 Å². The number of hydrogen-bond acceptors (Lipinski definition) is 1. The van der Waals surface area contributed by atoms with E-state index in [1.165, 1.54) is 34.9 Å².